The number of nitrogens with one attached hydrogen (secondary N) is 1. The summed E-state index contributed by atoms with van der Waals surface area (Å²) in [5.74, 6) is 1.15. The molecule has 0 atom stereocenters. The molecule has 0 aliphatic carbocycles. The molecule has 144 valence electrons. The molecule has 1 N–H and O–H groups in total. The van der Waals surface area contributed by atoms with Crippen LogP contribution in [0.15, 0.2) is 12.3 Å². The van der Waals surface area contributed by atoms with Crippen molar-refractivity contribution in [1.82, 2.24) is 34.8 Å². The van der Waals surface area contributed by atoms with E-state index in [0.717, 1.165) is 51.1 Å². The SMILES string of the molecule is CCNC(=O)c1nnc2n1CC1(CC2)CCN(C(=O)c2ccnn2C)CC1. The average Bonchev–Trinajstić information content (AvgIpc) is 3.28. The van der Waals surface area contributed by atoms with E-state index in [0.29, 0.717) is 18.1 Å². The number of amides is 2. The van der Waals surface area contributed by atoms with E-state index in [2.05, 4.69) is 20.6 Å². The standard InChI is InChI=1S/C18H25N7O2/c1-3-19-16(26)15-22-21-14-4-6-18(12-25(14)15)7-10-24(11-8-18)17(27)13-5-9-20-23(13)2/h5,9H,3-4,6-8,10-12H2,1-2H3,(H,19,26). The number of rotatable bonds is 3. The van der Waals surface area contributed by atoms with Crippen molar-refractivity contribution in [3.63, 3.8) is 0 Å². The minimum Gasteiger partial charge on any atom is -0.350 e. The highest BCUT2D eigenvalue weighted by Crippen LogP contribution is 2.41. The molecule has 1 saturated heterocycles. The lowest BCUT2D eigenvalue weighted by Gasteiger charge is -2.44. The van der Waals surface area contributed by atoms with Gasteiger partial charge in [-0.05, 0) is 37.7 Å². The van der Waals surface area contributed by atoms with Crippen LogP contribution in [0, 0.1) is 5.41 Å². The van der Waals surface area contributed by atoms with E-state index in [1.54, 1.807) is 24.0 Å². The van der Waals surface area contributed by atoms with E-state index in [9.17, 15) is 9.59 Å². The van der Waals surface area contributed by atoms with Crippen LogP contribution in [0.1, 0.15) is 53.1 Å². The van der Waals surface area contributed by atoms with Gasteiger partial charge in [0.2, 0.25) is 5.82 Å². The number of hydrogen-bond acceptors (Lipinski definition) is 5. The van der Waals surface area contributed by atoms with Gasteiger partial charge in [0.25, 0.3) is 11.8 Å². The molecule has 1 fully saturated rings. The Morgan fingerprint density at radius 1 is 1.22 bits per heavy atom. The van der Waals surface area contributed by atoms with Gasteiger partial charge in [-0.15, -0.1) is 10.2 Å². The Balaban J connectivity index is 1.47. The molecule has 2 aromatic rings. The zero-order chi connectivity index (χ0) is 19.0. The maximum Gasteiger partial charge on any atom is 0.289 e. The molecule has 2 aromatic heterocycles. The van der Waals surface area contributed by atoms with Gasteiger partial charge < -0.3 is 14.8 Å². The average molecular weight is 371 g/mol. The van der Waals surface area contributed by atoms with E-state index in [1.807, 2.05) is 16.4 Å². The van der Waals surface area contributed by atoms with Crippen LogP contribution in [0.5, 0.6) is 0 Å². The number of fused-ring (bicyclic) bond motifs is 1. The van der Waals surface area contributed by atoms with Gasteiger partial charge in [0.15, 0.2) is 0 Å². The Kier molecular flexibility index (Phi) is 4.45. The van der Waals surface area contributed by atoms with E-state index in [-0.39, 0.29) is 17.2 Å². The van der Waals surface area contributed by atoms with Crippen LogP contribution < -0.4 is 5.32 Å². The molecule has 0 saturated carbocycles. The summed E-state index contributed by atoms with van der Waals surface area (Å²) in [6, 6.07) is 1.76. The van der Waals surface area contributed by atoms with Crippen LogP contribution in [0.3, 0.4) is 0 Å². The quantitative estimate of drug-likeness (QED) is 0.853. The molecule has 1 spiro atoms. The Bertz CT molecular complexity index is 861. The molecule has 27 heavy (non-hydrogen) atoms. The highest BCUT2D eigenvalue weighted by molar-refractivity contribution is 5.92. The molecule has 9 heteroatoms. The van der Waals surface area contributed by atoms with Gasteiger partial charge in [-0.1, -0.05) is 0 Å². The largest absolute Gasteiger partial charge is 0.350 e. The van der Waals surface area contributed by atoms with E-state index < -0.39 is 0 Å². The van der Waals surface area contributed by atoms with Crippen LogP contribution in [0.2, 0.25) is 0 Å². The van der Waals surface area contributed by atoms with Crippen molar-refractivity contribution in [1.29, 1.82) is 0 Å². The number of aryl methyl sites for hydroxylation is 2. The molecule has 4 rings (SSSR count). The fraction of sp³-hybridized carbons (Fsp3) is 0.611. The van der Waals surface area contributed by atoms with Crippen LogP contribution in [0.4, 0.5) is 0 Å². The summed E-state index contributed by atoms with van der Waals surface area (Å²) in [6.45, 7) is 4.64. The molecule has 0 aromatic carbocycles. The second kappa shape index (κ2) is 6.79. The van der Waals surface area contributed by atoms with Gasteiger partial charge in [0.1, 0.15) is 11.5 Å². The van der Waals surface area contributed by atoms with Crippen molar-refractivity contribution in [2.75, 3.05) is 19.6 Å². The molecule has 9 nitrogen and oxygen atoms in total. The first-order chi connectivity index (χ1) is 13.0. The number of hydrogen-bond donors (Lipinski definition) is 1. The summed E-state index contributed by atoms with van der Waals surface area (Å²) in [6.07, 6.45) is 5.33. The van der Waals surface area contributed by atoms with Crippen molar-refractivity contribution < 1.29 is 9.59 Å². The van der Waals surface area contributed by atoms with Gasteiger partial charge in [-0.3, -0.25) is 14.3 Å². The predicted molar refractivity (Wildman–Crippen MR) is 97.1 cm³/mol. The molecule has 2 aliphatic heterocycles. The van der Waals surface area contributed by atoms with E-state index in [4.69, 9.17) is 0 Å². The van der Waals surface area contributed by atoms with Gasteiger partial charge >= 0.3 is 0 Å². The van der Waals surface area contributed by atoms with Crippen LogP contribution in [-0.2, 0) is 20.0 Å². The Morgan fingerprint density at radius 3 is 2.67 bits per heavy atom. The fourth-order valence-electron chi connectivity index (χ4n) is 4.22. The predicted octanol–water partition coefficient (Wildman–Crippen LogP) is 0.630. The van der Waals surface area contributed by atoms with Gasteiger partial charge in [0, 0.05) is 45.8 Å². The zero-order valence-electron chi connectivity index (χ0n) is 15.8. The molecular weight excluding hydrogens is 346 g/mol. The minimum atomic E-state index is -0.169. The Morgan fingerprint density at radius 2 is 2.00 bits per heavy atom. The lowest BCUT2D eigenvalue weighted by molar-refractivity contribution is 0.0456. The summed E-state index contributed by atoms with van der Waals surface area (Å²) in [4.78, 5) is 26.9. The third kappa shape index (κ3) is 3.11. The third-order valence-electron chi connectivity index (χ3n) is 5.89. The van der Waals surface area contributed by atoms with Crippen molar-refractivity contribution in [3.05, 3.63) is 29.6 Å². The van der Waals surface area contributed by atoms with E-state index in [1.165, 1.54) is 0 Å². The van der Waals surface area contributed by atoms with Crippen molar-refractivity contribution in [3.8, 4) is 0 Å². The van der Waals surface area contributed by atoms with Crippen molar-refractivity contribution >= 4 is 11.8 Å². The number of likely N-dealkylation sites (tertiary alicyclic amines) is 1. The summed E-state index contributed by atoms with van der Waals surface area (Å²) in [5, 5.41) is 15.2. The number of carbonyl (C=O) groups is 2. The Labute approximate surface area is 157 Å². The van der Waals surface area contributed by atoms with Gasteiger partial charge in [-0.2, -0.15) is 5.10 Å². The normalized spacial score (nSPS) is 18.4. The molecule has 0 unspecified atom stereocenters. The lowest BCUT2D eigenvalue weighted by Crippen LogP contribution is -2.47. The summed E-state index contributed by atoms with van der Waals surface area (Å²) in [7, 11) is 1.79. The maximum atomic E-state index is 12.7. The second-order valence-electron chi connectivity index (χ2n) is 7.52. The number of aromatic nitrogens is 5. The second-order valence-corrected chi connectivity index (χ2v) is 7.52. The Hall–Kier alpha value is -2.71. The minimum absolute atomic E-state index is 0.0358. The highest BCUT2D eigenvalue weighted by atomic mass is 16.2. The first-order valence-corrected chi connectivity index (χ1v) is 9.50. The van der Waals surface area contributed by atoms with Gasteiger partial charge in [0.05, 0.1) is 0 Å². The smallest absolute Gasteiger partial charge is 0.289 e. The van der Waals surface area contributed by atoms with Crippen LogP contribution in [-0.4, -0.2) is 60.9 Å². The summed E-state index contributed by atoms with van der Waals surface area (Å²) < 4.78 is 3.60. The molecular formula is C18H25N7O2. The van der Waals surface area contributed by atoms with E-state index >= 15 is 0 Å². The number of piperidine rings is 1. The molecule has 2 aliphatic rings. The fourth-order valence-corrected chi connectivity index (χ4v) is 4.22. The molecule has 0 bridgehead atoms. The third-order valence-corrected chi connectivity index (χ3v) is 5.89. The monoisotopic (exact) mass is 371 g/mol. The zero-order valence-corrected chi connectivity index (χ0v) is 15.8. The topological polar surface area (TPSA) is 97.9 Å². The maximum absolute atomic E-state index is 12.7. The van der Waals surface area contributed by atoms with Crippen molar-refractivity contribution in [2.24, 2.45) is 12.5 Å². The first-order valence-electron chi connectivity index (χ1n) is 9.50. The molecule has 2 amide bonds. The summed E-state index contributed by atoms with van der Waals surface area (Å²) in [5.41, 5.74) is 0.717. The number of nitrogens with zero attached hydrogens (tertiary/aromatic N) is 6. The van der Waals surface area contributed by atoms with Crippen molar-refractivity contribution in [2.45, 2.75) is 39.2 Å². The summed E-state index contributed by atoms with van der Waals surface area (Å²) >= 11 is 0. The van der Waals surface area contributed by atoms with Crippen LogP contribution >= 0.6 is 0 Å². The number of carbonyl (C=O) groups excluding carboxylic acids is 2. The lowest BCUT2D eigenvalue weighted by atomic mass is 9.73. The first kappa shape index (κ1) is 17.7. The highest BCUT2D eigenvalue weighted by Gasteiger charge is 2.41. The molecule has 0 radical (unpaired) electrons. The van der Waals surface area contributed by atoms with Gasteiger partial charge in [-0.25, -0.2) is 0 Å². The van der Waals surface area contributed by atoms with Crippen LogP contribution in [0.25, 0.3) is 0 Å². The molecule has 4 heterocycles.